The lowest BCUT2D eigenvalue weighted by molar-refractivity contribution is -0.137. The first-order valence-electron chi connectivity index (χ1n) is 7.37. The van der Waals surface area contributed by atoms with Crippen molar-refractivity contribution in [3.05, 3.63) is 59.4 Å². The molecule has 1 aliphatic heterocycles. The summed E-state index contributed by atoms with van der Waals surface area (Å²) in [6.07, 6.45) is -4.66. The second kappa shape index (κ2) is 6.19. The van der Waals surface area contributed by atoms with Gasteiger partial charge < -0.3 is 5.32 Å². The van der Waals surface area contributed by atoms with E-state index in [9.17, 15) is 22.4 Å². The van der Waals surface area contributed by atoms with Gasteiger partial charge in [0.25, 0.3) is 0 Å². The minimum atomic E-state index is -4.66. The first-order chi connectivity index (χ1) is 11.8. The van der Waals surface area contributed by atoms with Crippen LogP contribution in [0.25, 0.3) is 11.1 Å². The molecule has 130 valence electrons. The Hall–Kier alpha value is -2.90. The second-order valence-corrected chi connectivity index (χ2v) is 5.57. The molecule has 2 N–H and O–H groups in total. The lowest BCUT2D eigenvalue weighted by Gasteiger charge is -2.21. The number of carbonyl (C=O) groups excluding carboxylic acids is 1. The molecule has 1 heterocycles. The van der Waals surface area contributed by atoms with E-state index >= 15 is 0 Å². The van der Waals surface area contributed by atoms with Gasteiger partial charge in [0.1, 0.15) is 5.82 Å². The van der Waals surface area contributed by atoms with Crippen LogP contribution >= 0.6 is 0 Å². The van der Waals surface area contributed by atoms with Gasteiger partial charge in [0, 0.05) is 0 Å². The maximum atomic E-state index is 13.2. The molecule has 2 aromatic carbocycles. The number of benzene rings is 2. The number of alkyl halides is 3. The highest BCUT2D eigenvalue weighted by atomic mass is 19.4. The monoisotopic (exact) mass is 351 g/mol. The molecule has 0 spiro atoms. The number of rotatable bonds is 2. The van der Waals surface area contributed by atoms with Crippen molar-refractivity contribution in [3.8, 4) is 11.1 Å². The Kier molecular flexibility index (Phi) is 4.20. The lowest BCUT2D eigenvalue weighted by atomic mass is 9.96. The van der Waals surface area contributed by atoms with Gasteiger partial charge in [-0.15, -0.1) is 0 Å². The zero-order valence-electron chi connectivity index (χ0n) is 13.0. The Morgan fingerprint density at radius 3 is 2.28 bits per heavy atom. The van der Waals surface area contributed by atoms with E-state index in [1.165, 1.54) is 12.1 Å². The van der Waals surface area contributed by atoms with E-state index in [0.29, 0.717) is 22.9 Å². The van der Waals surface area contributed by atoms with Crippen molar-refractivity contribution >= 4 is 11.7 Å². The third kappa shape index (κ3) is 3.47. The number of halogens is 4. The van der Waals surface area contributed by atoms with Crippen LogP contribution in [-0.2, 0) is 6.18 Å². The smallest absolute Gasteiger partial charge is 0.328 e. The first-order valence-corrected chi connectivity index (χ1v) is 7.37. The molecule has 0 fully saturated rings. The summed E-state index contributed by atoms with van der Waals surface area (Å²) in [6, 6.07) is 8.04. The fourth-order valence-electron chi connectivity index (χ4n) is 2.64. The van der Waals surface area contributed by atoms with E-state index in [0.717, 1.165) is 12.1 Å². The molecule has 0 radical (unpaired) electrons. The minimum Gasteiger partial charge on any atom is -0.328 e. The Morgan fingerprint density at radius 2 is 1.68 bits per heavy atom. The summed E-state index contributed by atoms with van der Waals surface area (Å²) in [4.78, 5) is 11.2. The van der Waals surface area contributed by atoms with Crippen LogP contribution in [0.2, 0.25) is 0 Å². The number of nitrogens with one attached hydrogen (secondary N) is 2. The van der Waals surface area contributed by atoms with E-state index in [-0.39, 0.29) is 11.6 Å². The van der Waals surface area contributed by atoms with Crippen molar-refractivity contribution in [1.82, 2.24) is 10.7 Å². The second-order valence-electron chi connectivity index (χ2n) is 5.57. The van der Waals surface area contributed by atoms with E-state index in [1.807, 2.05) is 0 Å². The van der Waals surface area contributed by atoms with Crippen LogP contribution in [-0.4, -0.2) is 17.8 Å². The summed E-state index contributed by atoms with van der Waals surface area (Å²) in [5.41, 5.74) is 2.67. The van der Waals surface area contributed by atoms with Crippen LogP contribution in [0, 0.1) is 5.82 Å². The van der Waals surface area contributed by atoms with Gasteiger partial charge in [-0.05, 0) is 35.7 Å². The van der Waals surface area contributed by atoms with Crippen molar-refractivity contribution in [2.75, 3.05) is 0 Å². The molecule has 3 rings (SSSR count). The van der Waals surface area contributed by atoms with Gasteiger partial charge in [0.05, 0.1) is 17.3 Å². The molecule has 0 aromatic heterocycles. The minimum absolute atomic E-state index is 0.106. The molecule has 0 saturated heterocycles. The highest BCUT2D eigenvalue weighted by Crippen LogP contribution is 2.37. The molecular weight excluding hydrogens is 338 g/mol. The average molecular weight is 351 g/mol. The Morgan fingerprint density at radius 1 is 1.04 bits per heavy atom. The van der Waals surface area contributed by atoms with E-state index in [4.69, 9.17) is 0 Å². The van der Waals surface area contributed by atoms with Crippen molar-refractivity contribution in [2.24, 2.45) is 5.10 Å². The van der Waals surface area contributed by atoms with Crippen molar-refractivity contribution < 1.29 is 22.4 Å². The fourth-order valence-corrected chi connectivity index (χ4v) is 2.64. The number of hydrogen-bond acceptors (Lipinski definition) is 2. The Bertz CT molecular complexity index is 844. The summed E-state index contributed by atoms with van der Waals surface area (Å²) in [5, 5.41) is 6.60. The number of amides is 2. The van der Waals surface area contributed by atoms with Crippen LogP contribution in [0.15, 0.2) is 47.6 Å². The maximum Gasteiger partial charge on any atom is 0.417 e. The molecule has 0 bridgehead atoms. The van der Waals surface area contributed by atoms with Gasteiger partial charge in [-0.3, -0.25) is 0 Å². The van der Waals surface area contributed by atoms with Gasteiger partial charge >= 0.3 is 12.2 Å². The fraction of sp³-hybridized carbons (Fsp3) is 0.176. The van der Waals surface area contributed by atoms with Gasteiger partial charge in [-0.25, -0.2) is 14.6 Å². The first kappa shape index (κ1) is 16.9. The SMILES string of the molecule is C[C@@H]1NC(=O)NN=C1c1ccc(-c2ccc(F)cc2C(F)(F)F)cc1. The summed E-state index contributed by atoms with van der Waals surface area (Å²) in [7, 11) is 0. The average Bonchev–Trinajstić information content (AvgIpc) is 2.54. The van der Waals surface area contributed by atoms with Crippen molar-refractivity contribution in [2.45, 2.75) is 19.1 Å². The Labute approximate surface area is 140 Å². The molecule has 4 nitrogen and oxygen atoms in total. The molecule has 0 unspecified atom stereocenters. The van der Waals surface area contributed by atoms with Gasteiger partial charge in [-0.1, -0.05) is 30.3 Å². The summed E-state index contributed by atoms with van der Waals surface area (Å²) >= 11 is 0. The van der Waals surface area contributed by atoms with E-state index < -0.39 is 23.6 Å². The van der Waals surface area contributed by atoms with Crippen LogP contribution in [0.1, 0.15) is 18.1 Å². The normalized spacial score (nSPS) is 17.6. The Balaban J connectivity index is 1.98. The highest BCUT2D eigenvalue weighted by Gasteiger charge is 2.34. The third-order valence-electron chi connectivity index (χ3n) is 3.81. The molecule has 2 amide bonds. The number of carbonyl (C=O) groups is 1. The van der Waals surface area contributed by atoms with E-state index in [1.54, 1.807) is 19.1 Å². The number of hydrogen-bond donors (Lipinski definition) is 2. The standard InChI is InChI=1S/C17H13F4N3O/c1-9-15(23-24-16(25)22-9)11-4-2-10(3-5-11)13-7-6-12(18)8-14(13)17(19,20)21/h2-9H,1H3,(H2,22,24,25)/t9-/m0/s1. The van der Waals surface area contributed by atoms with Crippen LogP contribution < -0.4 is 10.7 Å². The van der Waals surface area contributed by atoms with E-state index in [2.05, 4.69) is 15.8 Å². The molecular formula is C17H13F4N3O. The zero-order valence-corrected chi connectivity index (χ0v) is 13.0. The molecule has 1 aliphatic rings. The summed E-state index contributed by atoms with van der Waals surface area (Å²) in [5.74, 6) is -0.945. The lowest BCUT2D eigenvalue weighted by Crippen LogP contribution is -2.48. The molecule has 25 heavy (non-hydrogen) atoms. The van der Waals surface area contributed by atoms with Gasteiger partial charge in [-0.2, -0.15) is 18.3 Å². The van der Waals surface area contributed by atoms with Gasteiger partial charge in [0.15, 0.2) is 0 Å². The predicted molar refractivity (Wildman–Crippen MR) is 84.5 cm³/mol. The summed E-state index contributed by atoms with van der Waals surface area (Å²) in [6.45, 7) is 1.74. The topological polar surface area (TPSA) is 53.5 Å². The zero-order chi connectivity index (χ0) is 18.2. The number of urea groups is 1. The quantitative estimate of drug-likeness (QED) is 0.792. The molecule has 0 saturated carbocycles. The molecule has 8 heteroatoms. The predicted octanol–water partition coefficient (Wildman–Crippen LogP) is 3.92. The number of nitrogens with zero attached hydrogens (tertiary/aromatic N) is 1. The highest BCUT2D eigenvalue weighted by molar-refractivity contribution is 6.07. The maximum absolute atomic E-state index is 13.2. The van der Waals surface area contributed by atoms with Crippen molar-refractivity contribution in [3.63, 3.8) is 0 Å². The molecule has 1 atom stereocenters. The largest absolute Gasteiger partial charge is 0.417 e. The van der Waals surface area contributed by atoms with Gasteiger partial charge in [0.2, 0.25) is 0 Å². The molecule has 0 aliphatic carbocycles. The van der Waals surface area contributed by atoms with Crippen LogP contribution in [0.3, 0.4) is 0 Å². The third-order valence-corrected chi connectivity index (χ3v) is 3.81. The van der Waals surface area contributed by atoms with Crippen LogP contribution in [0.4, 0.5) is 22.4 Å². The summed E-state index contributed by atoms with van der Waals surface area (Å²) < 4.78 is 52.6. The van der Waals surface area contributed by atoms with Crippen molar-refractivity contribution in [1.29, 1.82) is 0 Å². The number of hydrazone groups is 1. The van der Waals surface area contributed by atoms with Crippen LogP contribution in [0.5, 0.6) is 0 Å². The molecule has 2 aromatic rings.